The maximum atomic E-state index is 9.98. The maximum absolute atomic E-state index is 9.98. The summed E-state index contributed by atoms with van der Waals surface area (Å²) in [5.74, 6) is 0.278. The fraction of sp³-hybridized carbons (Fsp3) is 0.190. The molecule has 0 saturated carbocycles. The molecule has 0 unspecified atom stereocenters. The topological polar surface area (TPSA) is 64.2 Å². The van der Waals surface area contributed by atoms with Crippen LogP contribution in [0.1, 0.15) is 40.3 Å². The monoisotopic (exact) mass is 317 g/mol. The molecule has 120 valence electrons. The normalized spacial score (nSPS) is 13.7. The smallest absolute Gasteiger partial charge is 0.136 e. The maximum Gasteiger partial charge on any atom is 0.136 e. The number of nitriles is 1. The summed E-state index contributed by atoms with van der Waals surface area (Å²) in [6, 6.07) is 9.18. The summed E-state index contributed by atoms with van der Waals surface area (Å²) in [4.78, 5) is 0. The van der Waals surface area contributed by atoms with Gasteiger partial charge in [-0.05, 0) is 96.0 Å². The molecule has 2 aromatic carbocycles. The zero-order valence-electron chi connectivity index (χ0n) is 14.1. The summed E-state index contributed by atoms with van der Waals surface area (Å²) in [7, 11) is 0. The highest BCUT2D eigenvalue weighted by atomic mass is 16.3. The molecule has 2 aromatic rings. The van der Waals surface area contributed by atoms with E-state index < -0.39 is 0 Å². The SMILES string of the molecule is C=C1C(C)=C(c2cc(C)c(O)c(C#N)c2)Cc2cc(O)cc(C)c21. The fourth-order valence-electron chi connectivity index (χ4n) is 3.46. The summed E-state index contributed by atoms with van der Waals surface area (Å²) < 4.78 is 0. The number of hydrogen-bond acceptors (Lipinski definition) is 3. The lowest BCUT2D eigenvalue weighted by Gasteiger charge is -2.26. The number of rotatable bonds is 1. The second kappa shape index (κ2) is 5.58. The first-order valence-corrected chi connectivity index (χ1v) is 7.79. The molecule has 0 heterocycles. The molecule has 1 aliphatic carbocycles. The Morgan fingerprint density at radius 1 is 1.04 bits per heavy atom. The van der Waals surface area contributed by atoms with Crippen LogP contribution in [0.4, 0.5) is 0 Å². The van der Waals surface area contributed by atoms with Gasteiger partial charge in [-0.3, -0.25) is 0 Å². The van der Waals surface area contributed by atoms with Gasteiger partial charge in [0.15, 0.2) is 0 Å². The van der Waals surface area contributed by atoms with Gasteiger partial charge in [0.1, 0.15) is 17.6 Å². The van der Waals surface area contributed by atoms with Crippen LogP contribution < -0.4 is 0 Å². The van der Waals surface area contributed by atoms with Crippen molar-refractivity contribution in [3.8, 4) is 17.6 Å². The van der Waals surface area contributed by atoms with Crippen molar-refractivity contribution >= 4 is 11.1 Å². The molecule has 3 nitrogen and oxygen atoms in total. The van der Waals surface area contributed by atoms with Crippen molar-refractivity contribution in [1.82, 2.24) is 0 Å². The Morgan fingerprint density at radius 3 is 2.42 bits per heavy atom. The van der Waals surface area contributed by atoms with Crippen LogP contribution in [0.2, 0.25) is 0 Å². The largest absolute Gasteiger partial charge is 0.508 e. The summed E-state index contributed by atoms with van der Waals surface area (Å²) in [5, 5.41) is 29.1. The van der Waals surface area contributed by atoms with Crippen molar-refractivity contribution < 1.29 is 10.2 Å². The van der Waals surface area contributed by atoms with Crippen LogP contribution in [0.5, 0.6) is 11.5 Å². The number of phenolic OH excluding ortho intramolecular Hbond substituents is 2. The number of hydrogen-bond donors (Lipinski definition) is 2. The van der Waals surface area contributed by atoms with Crippen molar-refractivity contribution in [3.05, 3.63) is 69.8 Å². The lowest BCUT2D eigenvalue weighted by Crippen LogP contribution is -2.08. The number of aromatic hydroxyl groups is 2. The van der Waals surface area contributed by atoms with E-state index in [9.17, 15) is 15.5 Å². The molecule has 0 aromatic heterocycles. The van der Waals surface area contributed by atoms with Crippen LogP contribution in [0.3, 0.4) is 0 Å². The lowest BCUT2D eigenvalue weighted by molar-refractivity contribution is 0.469. The van der Waals surface area contributed by atoms with Gasteiger partial charge in [-0.15, -0.1) is 0 Å². The molecule has 0 spiro atoms. The zero-order chi connectivity index (χ0) is 17.6. The summed E-state index contributed by atoms with van der Waals surface area (Å²) in [6.07, 6.45) is 0.657. The minimum atomic E-state index is 0.0306. The number of phenols is 2. The first kappa shape index (κ1) is 15.9. The molecule has 1 aliphatic rings. The Balaban J connectivity index is 2.21. The van der Waals surface area contributed by atoms with Crippen LogP contribution in [-0.2, 0) is 6.42 Å². The van der Waals surface area contributed by atoms with Crippen molar-refractivity contribution in [3.63, 3.8) is 0 Å². The first-order valence-electron chi connectivity index (χ1n) is 7.79. The molecule has 2 N–H and O–H groups in total. The molecule has 0 amide bonds. The van der Waals surface area contributed by atoms with Crippen LogP contribution in [0, 0.1) is 25.2 Å². The second-order valence-electron chi connectivity index (χ2n) is 6.36. The van der Waals surface area contributed by atoms with E-state index in [2.05, 4.69) is 6.58 Å². The van der Waals surface area contributed by atoms with E-state index in [0.717, 1.165) is 39.0 Å². The third kappa shape index (κ3) is 2.37. The van der Waals surface area contributed by atoms with Crippen LogP contribution in [0.25, 0.3) is 11.1 Å². The van der Waals surface area contributed by atoms with Crippen molar-refractivity contribution in [2.45, 2.75) is 27.2 Å². The molecule has 0 fully saturated rings. The van der Waals surface area contributed by atoms with Gasteiger partial charge in [-0.2, -0.15) is 5.26 Å². The van der Waals surface area contributed by atoms with Gasteiger partial charge in [0.2, 0.25) is 0 Å². The van der Waals surface area contributed by atoms with E-state index in [-0.39, 0.29) is 17.1 Å². The molecule has 3 heteroatoms. The molecule has 24 heavy (non-hydrogen) atoms. The predicted octanol–water partition coefficient (Wildman–Crippen LogP) is 4.63. The summed E-state index contributed by atoms with van der Waals surface area (Å²) in [5.41, 5.74) is 8.06. The number of fused-ring (bicyclic) bond motifs is 1. The van der Waals surface area contributed by atoms with E-state index in [0.29, 0.717) is 12.0 Å². The molecule has 0 bridgehead atoms. The minimum absolute atomic E-state index is 0.0306. The third-order valence-electron chi connectivity index (χ3n) is 4.75. The molecule has 3 rings (SSSR count). The average Bonchev–Trinajstić information content (AvgIpc) is 2.52. The quantitative estimate of drug-likeness (QED) is 0.806. The van der Waals surface area contributed by atoms with Gasteiger partial charge >= 0.3 is 0 Å². The minimum Gasteiger partial charge on any atom is -0.508 e. The predicted molar refractivity (Wildman–Crippen MR) is 95.7 cm³/mol. The molecular weight excluding hydrogens is 298 g/mol. The van der Waals surface area contributed by atoms with E-state index >= 15 is 0 Å². The lowest BCUT2D eigenvalue weighted by atomic mass is 9.78. The Kier molecular flexibility index (Phi) is 3.69. The van der Waals surface area contributed by atoms with Gasteiger partial charge < -0.3 is 10.2 Å². The Bertz CT molecular complexity index is 959. The highest BCUT2D eigenvalue weighted by Gasteiger charge is 2.23. The van der Waals surface area contributed by atoms with Gasteiger partial charge in [0, 0.05) is 0 Å². The molecule has 0 saturated heterocycles. The number of allylic oxidation sites excluding steroid dienone is 3. The Labute approximate surface area is 141 Å². The Morgan fingerprint density at radius 2 is 1.75 bits per heavy atom. The number of nitrogens with zero attached hydrogens (tertiary/aromatic N) is 1. The number of benzene rings is 2. The van der Waals surface area contributed by atoms with E-state index in [1.165, 1.54) is 0 Å². The zero-order valence-corrected chi connectivity index (χ0v) is 14.1. The van der Waals surface area contributed by atoms with Crippen molar-refractivity contribution in [2.75, 3.05) is 0 Å². The van der Waals surface area contributed by atoms with Crippen LogP contribution in [0.15, 0.2) is 36.4 Å². The fourth-order valence-corrected chi connectivity index (χ4v) is 3.46. The van der Waals surface area contributed by atoms with Gasteiger partial charge in [-0.1, -0.05) is 6.58 Å². The Hall–Kier alpha value is -2.99. The first-order chi connectivity index (χ1) is 11.3. The van der Waals surface area contributed by atoms with E-state index in [1.807, 2.05) is 26.0 Å². The third-order valence-corrected chi connectivity index (χ3v) is 4.75. The molecular formula is C21H19NO2. The van der Waals surface area contributed by atoms with Crippen molar-refractivity contribution in [1.29, 1.82) is 5.26 Å². The van der Waals surface area contributed by atoms with E-state index in [4.69, 9.17) is 0 Å². The van der Waals surface area contributed by atoms with Gasteiger partial charge in [-0.25, -0.2) is 0 Å². The average molecular weight is 317 g/mol. The van der Waals surface area contributed by atoms with Gasteiger partial charge in [0.05, 0.1) is 5.56 Å². The van der Waals surface area contributed by atoms with Gasteiger partial charge in [0.25, 0.3) is 0 Å². The summed E-state index contributed by atoms with van der Waals surface area (Å²) in [6.45, 7) is 10.0. The standard InChI is InChI=1S/C21H19NO2/c1-11-6-18(23)8-16-9-19(13(3)14(4)20(11)16)15-5-12(2)21(24)17(7-15)10-22/h5-8,23-24H,4,9H2,1-3H3. The second-order valence-corrected chi connectivity index (χ2v) is 6.36. The molecule has 0 atom stereocenters. The van der Waals surface area contributed by atoms with Crippen molar-refractivity contribution in [2.24, 2.45) is 0 Å². The highest BCUT2D eigenvalue weighted by molar-refractivity contribution is 5.94. The van der Waals surface area contributed by atoms with E-state index in [1.54, 1.807) is 25.1 Å². The number of aryl methyl sites for hydroxylation is 2. The summed E-state index contributed by atoms with van der Waals surface area (Å²) >= 11 is 0. The van der Waals surface area contributed by atoms with Crippen LogP contribution in [-0.4, -0.2) is 10.2 Å². The molecule has 0 aliphatic heterocycles. The van der Waals surface area contributed by atoms with Crippen LogP contribution >= 0.6 is 0 Å². The highest BCUT2D eigenvalue weighted by Crippen LogP contribution is 2.42. The molecule has 0 radical (unpaired) electrons.